The number of ether oxygens (including phenoxy) is 1. The Balaban J connectivity index is 2.07. The van der Waals surface area contributed by atoms with Crippen molar-refractivity contribution in [3.63, 3.8) is 0 Å². The van der Waals surface area contributed by atoms with E-state index < -0.39 is 5.41 Å². The number of aromatic nitrogens is 1. The van der Waals surface area contributed by atoms with Gasteiger partial charge < -0.3 is 9.64 Å². The molecule has 1 amide bonds. The van der Waals surface area contributed by atoms with Crippen molar-refractivity contribution in [2.75, 3.05) is 19.1 Å². The summed E-state index contributed by atoms with van der Waals surface area (Å²) in [6.07, 6.45) is 1.64. The molecule has 0 aliphatic rings. The largest absolute Gasteiger partial charge is 0.497 e. The number of carbonyl (C=O) groups is 1. The van der Waals surface area contributed by atoms with Crippen LogP contribution in [-0.4, -0.2) is 25.0 Å². The van der Waals surface area contributed by atoms with Gasteiger partial charge in [0.2, 0.25) is 5.91 Å². The lowest BCUT2D eigenvalue weighted by Gasteiger charge is -2.31. The second-order valence-electron chi connectivity index (χ2n) is 7.71. The van der Waals surface area contributed by atoms with Crippen LogP contribution >= 0.6 is 23.2 Å². The fourth-order valence-electron chi connectivity index (χ4n) is 3.47. The van der Waals surface area contributed by atoms with Gasteiger partial charge >= 0.3 is 0 Å². The van der Waals surface area contributed by atoms with Crippen LogP contribution in [0.1, 0.15) is 25.0 Å². The van der Waals surface area contributed by atoms with Crippen molar-refractivity contribution in [3.05, 3.63) is 76.0 Å². The zero-order valence-corrected chi connectivity index (χ0v) is 19.2. The Bertz CT molecular complexity index is 1100. The molecule has 0 saturated heterocycles. The van der Waals surface area contributed by atoms with E-state index in [4.69, 9.17) is 27.9 Å². The van der Waals surface area contributed by atoms with Gasteiger partial charge in [-0.15, -0.1) is 0 Å². The molecule has 0 unspecified atom stereocenters. The molecule has 3 aromatic rings. The van der Waals surface area contributed by atoms with Crippen molar-refractivity contribution in [2.24, 2.45) is 0 Å². The van der Waals surface area contributed by atoms with Gasteiger partial charge in [-0.3, -0.25) is 4.79 Å². The predicted octanol–water partition coefficient (Wildman–Crippen LogP) is 6.31. The van der Waals surface area contributed by atoms with Gasteiger partial charge in [-0.2, -0.15) is 0 Å². The highest BCUT2D eigenvalue weighted by molar-refractivity contribution is 6.31. The van der Waals surface area contributed by atoms with Crippen LogP contribution in [0.4, 0.5) is 5.69 Å². The van der Waals surface area contributed by atoms with Crippen LogP contribution in [0.2, 0.25) is 10.2 Å². The molecule has 1 aromatic heterocycles. The summed E-state index contributed by atoms with van der Waals surface area (Å²) >= 11 is 12.4. The molecule has 156 valence electrons. The van der Waals surface area contributed by atoms with Crippen molar-refractivity contribution < 1.29 is 9.53 Å². The molecule has 30 heavy (non-hydrogen) atoms. The number of nitrogens with zero attached hydrogens (tertiary/aromatic N) is 2. The van der Waals surface area contributed by atoms with Gasteiger partial charge in [0.15, 0.2) is 0 Å². The number of likely N-dealkylation sites (N-methyl/N-ethyl adjacent to an activating group) is 1. The zero-order chi connectivity index (χ0) is 22.1. The van der Waals surface area contributed by atoms with E-state index in [1.165, 1.54) is 0 Å². The molecule has 6 heteroatoms. The van der Waals surface area contributed by atoms with Gasteiger partial charge in [-0.05, 0) is 61.7 Å². The molecule has 3 rings (SSSR count). The number of amides is 1. The normalized spacial score (nSPS) is 11.3. The molecule has 0 bridgehead atoms. The third-order valence-corrected chi connectivity index (χ3v) is 5.74. The minimum atomic E-state index is -0.852. The Morgan fingerprint density at radius 3 is 2.43 bits per heavy atom. The number of methoxy groups -OCH3 is 1. The molecule has 0 aliphatic carbocycles. The maximum Gasteiger partial charge on any atom is 0.236 e. The second-order valence-corrected chi connectivity index (χ2v) is 8.53. The summed E-state index contributed by atoms with van der Waals surface area (Å²) in [7, 11) is 3.32. The van der Waals surface area contributed by atoms with E-state index in [0.717, 1.165) is 22.3 Å². The van der Waals surface area contributed by atoms with Gasteiger partial charge in [0.05, 0.1) is 24.4 Å². The van der Waals surface area contributed by atoms with Gasteiger partial charge in [0, 0.05) is 17.6 Å². The summed E-state index contributed by atoms with van der Waals surface area (Å²) in [5, 5.41) is 0.887. The molecule has 2 aromatic carbocycles. The van der Waals surface area contributed by atoms with Crippen LogP contribution in [0.3, 0.4) is 0 Å². The fraction of sp³-hybridized carbons (Fsp3) is 0.250. The molecule has 0 saturated carbocycles. The smallest absolute Gasteiger partial charge is 0.236 e. The standard InChI is InChI=1S/C24H24Cl2N2O2/c1-15-8-6-7-9-19(15)20-13-22(26)27-14-21(20)28(4)23(29)24(2,3)16-10-17(25)12-18(11-16)30-5/h6-14H,1-5H3. The number of rotatable bonds is 5. The lowest BCUT2D eigenvalue weighted by atomic mass is 9.83. The third kappa shape index (κ3) is 4.30. The fourth-order valence-corrected chi connectivity index (χ4v) is 3.86. The van der Waals surface area contributed by atoms with E-state index >= 15 is 0 Å². The van der Waals surface area contributed by atoms with Crippen molar-refractivity contribution in [3.8, 4) is 16.9 Å². The van der Waals surface area contributed by atoms with E-state index in [2.05, 4.69) is 4.98 Å². The first-order chi connectivity index (χ1) is 14.1. The Hall–Kier alpha value is -2.56. The van der Waals surface area contributed by atoms with Gasteiger partial charge in [-0.25, -0.2) is 4.98 Å². The molecule has 0 spiro atoms. The van der Waals surface area contributed by atoms with Crippen molar-refractivity contribution >= 4 is 34.8 Å². The highest BCUT2D eigenvalue weighted by Crippen LogP contribution is 2.37. The van der Waals surface area contributed by atoms with Crippen LogP contribution in [0.15, 0.2) is 54.7 Å². The van der Waals surface area contributed by atoms with Crippen molar-refractivity contribution in [2.45, 2.75) is 26.2 Å². The molecule has 0 aliphatic heterocycles. The summed E-state index contributed by atoms with van der Waals surface area (Å²) in [6.45, 7) is 5.76. The summed E-state index contributed by atoms with van der Waals surface area (Å²) in [6, 6.07) is 15.1. The minimum Gasteiger partial charge on any atom is -0.497 e. The number of hydrogen-bond donors (Lipinski definition) is 0. The predicted molar refractivity (Wildman–Crippen MR) is 124 cm³/mol. The first-order valence-corrected chi connectivity index (χ1v) is 10.3. The third-order valence-electron chi connectivity index (χ3n) is 5.31. The monoisotopic (exact) mass is 442 g/mol. The van der Waals surface area contributed by atoms with E-state index in [1.54, 1.807) is 43.5 Å². The summed E-state index contributed by atoms with van der Waals surface area (Å²) in [4.78, 5) is 19.5. The van der Waals surface area contributed by atoms with E-state index in [1.807, 2.05) is 51.1 Å². The quantitative estimate of drug-likeness (QED) is 0.434. The number of benzene rings is 2. The van der Waals surface area contributed by atoms with Crippen LogP contribution in [0, 0.1) is 6.92 Å². The maximum atomic E-state index is 13.6. The van der Waals surface area contributed by atoms with E-state index in [9.17, 15) is 4.79 Å². The van der Waals surface area contributed by atoms with Crippen LogP contribution in [0.25, 0.3) is 11.1 Å². The maximum absolute atomic E-state index is 13.6. The SMILES string of the molecule is COc1cc(Cl)cc(C(C)(C)C(=O)N(C)c2cnc(Cl)cc2-c2ccccc2C)c1. The molecule has 0 N–H and O–H groups in total. The molecule has 4 nitrogen and oxygen atoms in total. The highest BCUT2D eigenvalue weighted by atomic mass is 35.5. The molecule has 0 radical (unpaired) electrons. The number of anilines is 1. The van der Waals surface area contributed by atoms with Crippen LogP contribution in [-0.2, 0) is 10.2 Å². The molecule has 0 atom stereocenters. The van der Waals surface area contributed by atoms with Crippen LogP contribution < -0.4 is 9.64 Å². The number of aryl methyl sites for hydroxylation is 1. The Labute approximate surface area is 187 Å². The first-order valence-electron chi connectivity index (χ1n) is 9.50. The molecular formula is C24H24Cl2N2O2. The highest BCUT2D eigenvalue weighted by Gasteiger charge is 2.34. The Kier molecular flexibility index (Phi) is 6.39. The molecule has 0 fully saturated rings. The summed E-state index contributed by atoms with van der Waals surface area (Å²) in [5.41, 5.74) is 3.53. The lowest BCUT2D eigenvalue weighted by molar-refractivity contribution is -0.122. The molecule has 1 heterocycles. The Morgan fingerprint density at radius 1 is 1.07 bits per heavy atom. The number of pyridine rings is 1. The van der Waals surface area contributed by atoms with Gasteiger partial charge in [0.25, 0.3) is 0 Å². The minimum absolute atomic E-state index is 0.106. The topological polar surface area (TPSA) is 42.4 Å². The van der Waals surface area contributed by atoms with Crippen molar-refractivity contribution in [1.29, 1.82) is 0 Å². The number of carbonyl (C=O) groups excluding carboxylic acids is 1. The average molecular weight is 443 g/mol. The molecular weight excluding hydrogens is 419 g/mol. The zero-order valence-electron chi connectivity index (χ0n) is 17.7. The Morgan fingerprint density at radius 2 is 1.77 bits per heavy atom. The average Bonchev–Trinajstić information content (AvgIpc) is 2.72. The van der Waals surface area contributed by atoms with Gasteiger partial charge in [-0.1, -0.05) is 47.5 Å². The number of hydrogen-bond acceptors (Lipinski definition) is 3. The van der Waals surface area contributed by atoms with Crippen LogP contribution in [0.5, 0.6) is 5.75 Å². The first kappa shape index (κ1) is 22.1. The lowest BCUT2D eigenvalue weighted by Crippen LogP contribution is -2.41. The van der Waals surface area contributed by atoms with E-state index in [0.29, 0.717) is 21.6 Å². The summed E-state index contributed by atoms with van der Waals surface area (Å²) < 4.78 is 5.32. The van der Waals surface area contributed by atoms with E-state index in [-0.39, 0.29) is 5.91 Å². The van der Waals surface area contributed by atoms with Crippen molar-refractivity contribution in [1.82, 2.24) is 4.98 Å². The second kappa shape index (κ2) is 8.66. The summed E-state index contributed by atoms with van der Waals surface area (Å²) in [5.74, 6) is 0.501. The number of halogens is 2. The van der Waals surface area contributed by atoms with Gasteiger partial charge in [0.1, 0.15) is 10.9 Å².